The summed E-state index contributed by atoms with van der Waals surface area (Å²) in [6, 6.07) is 12.4. The minimum absolute atomic E-state index is 0.698. The van der Waals surface area contributed by atoms with E-state index in [1.165, 1.54) is 15.6 Å². The Morgan fingerprint density at radius 1 is 1.20 bits per heavy atom. The van der Waals surface area contributed by atoms with E-state index in [1.54, 1.807) is 11.3 Å². The van der Waals surface area contributed by atoms with Crippen LogP contribution in [0, 0.1) is 6.92 Å². The lowest BCUT2D eigenvalue weighted by Gasteiger charge is -1.98. The van der Waals surface area contributed by atoms with Gasteiger partial charge >= 0.3 is 0 Å². The Balaban J connectivity index is 2.05. The number of aryl methyl sites for hydroxylation is 1. The van der Waals surface area contributed by atoms with Crippen LogP contribution in [0.3, 0.4) is 0 Å². The molecule has 20 heavy (non-hydrogen) atoms. The molecule has 0 saturated heterocycles. The average Bonchev–Trinajstić information content (AvgIpc) is 3.00. The minimum Gasteiger partial charge on any atom is -0.383 e. The second kappa shape index (κ2) is 4.08. The first-order valence-corrected chi connectivity index (χ1v) is 7.33. The van der Waals surface area contributed by atoms with Gasteiger partial charge in [-0.15, -0.1) is 11.3 Å². The van der Waals surface area contributed by atoms with Crippen LogP contribution in [0.5, 0.6) is 0 Å². The molecule has 0 aliphatic rings. The molecule has 3 aromatic heterocycles. The summed E-state index contributed by atoms with van der Waals surface area (Å²) in [5.74, 6) is 0.698. The van der Waals surface area contributed by atoms with E-state index < -0.39 is 0 Å². The molecule has 98 valence electrons. The minimum atomic E-state index is 0.698. The molecule has 0 aliphatic heterocycles. The van der Waals surface area contributed by atoms with E-state index in [4.69, 9.17) is 10.7 Å². The van der Waals surface area contributed by atoms with Crippen LogP contribution in [0.2, 0.25) is 0 Å². The van der Waals surface area contributed by atoms with Crippen LogP contribution in [-0.4, -0.2) is 9.38 Å². The van der Waals surface area contributed by atoms with Gasteiger partial charge in [0.2, 0.25) is 0 Å². The number of hydrogen-bond donors (Lipinski definition) is 1. The van der Waals surface area contributed by atoms with Crippen LogP contribution in [0.4, 0.5) is 5.82 Å². The van der Waals surface area contributed by atoms with Crippen molar-refractivity contribution in [1.82, 2.24) is 9.38 Å². The number of nitrogen functional groups attached to an aromatic ring is 1. The number of thiophene rings is 1. The van der Waals surface area contributed by atoms with Crippen LogP contribution >= 0.6 is 11.3 Å². The smallest absolute Gasteiger partial charge is 0.139 e. The van der Waals surface area contributed by atoms with Crippen LogP contribution in [0.25, 0.3) is 27.0 Å². The molecule has 0 spiro atoms. The molecular weight excluding hydrogens is 266 g/mol. The number of nitrogens with two attached hydrogens (primary N) is 1. The quantitative estimate of drug-likeness (QED) is 0.570. The average molecular weight is 279 g/mol. The van der Waals surface area contributed by atoms with Gasteiger partial charge in [-0.2, -0.15) is 0 Å². The van der Waals surface area contributed by atoms with Crippen molar-refractivity contribution in [3.8, 4) is 11.3 Å². The Kier molecular flexibility index (Phi) is 2.35. The highest BCUT2D eigenvalue weighted by Crippen LogP contribution is 2.36. The third-order valence-electron chi connectivity index (χ3n) is 3.55. The fourth-order valence-electron chi connectivity index (χ4n) is 2.52. The normalized spacial score (nSPS) is 11.4. The van der Waals surface area contributed by atoms with Gasteiger partial charge in [-0.25, -0.2) is 4.98 Å². The molecule has 0 saturated carbocycles. The van der Waals surface area contributed by atoms with Crippen molar-refractivity contribution in [3.63, 3.8) is 0 Å². The molecule has 0 unspecified atom stereocenters. The predicted molar refractivity (Wildman–Crippen MR) is 85.2 cm³/mol. The maximum absolute atomic E-state index is 6.28. The highest BCUT2D eigenvalue weighted by Gasteiger charge is 2.14. The second-order valence-corrected chi connectivity index (χ2v) is 5.83. The fraction of sp³-hybridized carbons (Fsp3) is 0.0625. The van der Waals surface area contributed by atoms with Gasteiger partial charge in [0.1, 0.15) is 17.2 Å². The van der Waals surface area contributed by atoms with E-state index in [1.807, 2.05) is 16.7 Å². The molecule has 3 heterocycles. The lowest BCUT2D eigenvalue weighted by Crippen LogP contribution is -1.93. The molecule has 3 nitrogen and oxygen atoms in total. The van der Waals surface area contributed by atoms with Gasteiger partial charge < -0.3 is 5.73 Å². The Hall–Kier alpha value is -2.33. The van der Waals surface area contributed by atoms with Crippen molar-refractivity contribution in [2.24, 2.45) is 0 Å². The number of anilines is 1. The van der Waals surface area contributed by atoms with Gasteiger partial charge in [0, 0.05) is 27.2 Å². The van der Waals surface area contributed by atoms with Crippen molar-refractivity contribution in [1.29, 1.82) is 0 Å². The van der Waals surface area contributed by atoms with E-state index in [9.17, 15) is 0 Å². The first kappa shape index (κ1) is 11.5. The van der Waals surface area contributed by atoms with Crippen molar-refractivity contribution in [2.45, 2.75) is 6.92 Å². The summed E-state index contributed by atoms with van der Waals surface area (Å²) in [6.07, 6.45) is 1.98. The van der Waals surface area contributed by atoms with Crippen LogP contribution in [-0.2, 0) is 0 Å². The monoisotopic (exact) mass is 279 g/mol. The lowest BCUT2D eigenvalue weighted by atomic mass is 10.1. The molecule has 0 bridgehead atoms. The molecular formula is C16H13N3S. The summed E-state index contributed by atoms with van der Waals surface area (Å²) in [6.45, 7) is 2.06. The highest BCUT2D eigenvalue weighted by molar-refractivity contribution is 7.17. The summed E-state index contributed by atoms with van der Waals surface area (Å²) in [5, 5.41) is 3.35. The molecule has 0 radical (unpaired) electrons. The van der Waals surface area contributed by atoms with Crippen molar-refractivity contribution in [2.75, 3.05) is 5.73 Å². The van der Waals surface area contributed by atoms with E-state index in [2.05, 4.69) is 42.6 Å². The fourth-order valence-corrected chi connectivity index (χ4v) is 3.47. The van der Waals surface area contributed by atoms with Crippen molar-refractivity contribution in [3.05, 3.63) is 53.5 Å². The number of rotatable bonds is 1. The zero-order chi connectivity index (χ0) is 13.7. The number of hydrogen-bond acceptors (Lipinski definition) is 3. The van der Waals surface area contributed by atoms with Gasteiger partial charge in [0.15, 0.2) is 0 Å². The Labute approximate surface area is 120 Å². The number of benzene rings is 1. The summed E-state index contributed by atoms with van der Waals surface area (Å²) < 4.78 is 3.20. The zero-order valence-corrected chi connectivity index (χ0v) is 11.8. The van der Waals surface area contributed by atoms with E-state index in [0.29, 0.717) is 5.82 Å². The van der Waals surface area contributed by atoms with Gasteiger partial charge in [-0.1, -0.05) is 18.2 Å². The van der Waals surface area contributed by atoms with Crippen molar-refractivity contribution < 1.29 is 0 Å². The summed E-state index contributed by atoms with van der Waals surface area (Å²) in [5.41, 5.74) is 10.3. The Morgan fingerprint density at radius 3 is 2.95 bits per heavy atom. The number of aromatic nitrogens is 2. The number of pyridine rings is 1. The largest absolute Gasteiger partial charge is 0.383 e. The number of fused-ring (bicyclic) bond motifs is 2. The van der Waals surface area contributed by atoms with E-state index in [0.717, 1.165) is 16.9 Å². The third-order valence-corrected chi connectivity index (χ3v) is 4.52. The van der Waals surface area contributed by atoms with Gasteiger partial charge in [0.05, 0.1) is 0 Å². The molecule has 4 aromatic rings. The molecule has 0 amide bonds. The summed E-state index contributed by atoms with van der Waals surface area (Å²) in [4.78, 5) is 4.71. The van der Waals surface area contributed by atoms with Crippen molar-refractivity contribution >= 4 is 32.9 Å². The summed E-state index contributed by atoms with van der Waals surface area (Å²) in [7, 11) is 0. The van der Waals surface area contributed by atoms with Gasteiger partial charge in [-0.05, 0) is 30.7 Å². The van der Waals surface area contributed by atoms with E-state index >= 15 is 0 Å². The van der Waals surface area contributed by atoms with Crippen LogP contribution in [0.1, 0.15) is 5.56 Å². The number of imidazole rings is 1. The molecule has 4 rings (SSSR count). The first-order chi connectivity index (χ1) is 9.74. The van der Waals surface area contributed by atoms with Crippen LogP contribution in [0.15, 0.2) is 48.0 Å². The summed E-state index contributed by atoms with van der Waals surface area (Å²) >= 11 is 1.73. The SMILES string of the molecule is Cc1ccn2c(N)c(-c3csc4ccccc34)nc2c1. The molecule has 4 heteroatoms. The van der Waals surface area contributed by atoms with Gasteiger partial charge in [-0.3, -0.25) is 4.40 Å². The molecule has 0 atom stereocenters. The number of nitrogens with zero attached hydrogens (tertiary/aromatic N) is 2. The zero-order valence-electron chi connectivity index (χ0n) is 11.0. The molecule has 2 N–H and O–H groups in total. The first-order valence-electron chi connectivity index (χ1n) is 6.45. The molecule has 1 aromatic carbocycles. The molecule has 0 fully saturated rings. The highest BCUT2D eigenvalue weighted by atomic mass is 32.1. The molecule has 0 aliphatic carbocycles. The topological polar surface area (TPSA) is 43.3 Å². The second-order valence-electron chi connectivity index (χ2n) is 4.92. The predicted octanol–water partition coefficient (Wildman–Crippen LogP) is 4.11. The Morgan fingerprint density at radius 2 is 2.05 bits per heavy atom. The maximum atomic E-state index is 6.28. The standard InChI is InChI=1S/C16H13N3S/c1-10-6-7-19-14(8-10)18-15(16(19)17)12-9-20-13-5-3-2-4-11(12)13/h2-9H,17H2,1H3. The lowest BCUT2D eigenvalue weighted by molar-refractivity contribution is 1.18. The van der Waals surface area contributed by atoms with Gasteiger partial charge in [0.25, 0.3) is 0 Å². The van der Waals surface area contributed by atoms with E-state index in [-0.39, 0.29) is 0 Å². The van der Waals surface area contributed by atoms with Crippen LogP contribution < -0.4 is 5.73 Å². The maximum Gasteiger partial charge on any atom is 0.139 e. The Bertz CT molecular complexity index is 933. The third kappa shape index (κ3) is 1.55.